The van der Waals surface area contributed by atoms with Crippen molar-refractivity contribution in [3.05, 3.63) is 35.6 Å². The van der Waals surface area contributed by atoms with Crippen molar-refractivity contribution in [2.75, 3.05) is 7.11 Å². The SMILES string of the molecule is COc1ccc(Cc2noc(C(C)=O)n2)cn1. The molecule has 0 saturated carbocycles. The van der Waals surface area contributed by atoms with Gasteiger partial charge in [-0.2, -0.15) is 4.98 Å². The lowest BCUT2D eigenvalue weighted by molar-refractivity contribution is 0.0972. The molecule has 0 N–H and O–H groups in total. The lowest BCUT2D eigenvalue weighted by atomic mass is 10.2. The molecule has 6 heteroatoms. The summed E-state index contributed by atoms with van der Waals surface area (Å²) >= 11 is 0. The summed E-state index contributed by atoms with van der Waals surface area (Å²) in [7, 11) is 1.56. The highest BCUT2D eigenvalue weighted by molar-refractivity contribution is 5.89. The van der Waals surface area contributed by atoms with Gasteiger partial charge in [0.25, 0.3) is 5.89 Å². The number of hydrogen-bond donors (Lipinski definition) is 0. The number of ketones is 1. The van der Waals surface area contributed by atoms with E-state index in [0.717, 1.165) is 5.56 Å². The predicted molar refractivity (Wildman–Crippen MR) is 57.9 cm³/mol. The minimum Gasteiger partial charge on any atom is -0.481 e. The fraction of sp³-hybridized carbons (Fsp3) is 0.273. The van der Waals surface area contributed by atoms with E-state index in [9.17, 15) is 4.79 Å². The van der Waals surface area contributed by atoms with E-state index in [1.807, 2.05) is 6.07 Å². The van der Waals surface area contributed by atoms with Crippen LogP contribution in [0, 0.1) is 0 Å². The topological polar surface area (TPSA) is 78.1 Å². The van der Waals surface area contributed by atoms with E-state index >= 15 is 0 Å². The molecule has 0 bridgehead atoms. The molecular weight excluding hydrogens is 222 g/mol. The van der Waals surface area contributed by atoms with Crippen molar-refractivity contribution < 1.29 is 14.1 Å². The molecule has 0 aliphatic rings. The van der Waals surface area contributed by atoms with Gasteiger partial charge in [0.05, 0.1) is 7.11 Å². The summed E-state index contributed by atoms with van der Waals surface area (Å²) in [4.78, 5) is 19.0. The van der Waals surface area contributed by atoms with Gasteiger partial charge in [-0.25, -0.2) is 4.98 Å². The number of Topliss-reactive ketones (excluding diaryl/α,β-unsaturated/α-hetero) is 1. The Bertz CT molecular complexity index is 519. The first kappa shape index (κ1) is 11.3. The standard InChI is InChI=1S/C11H11N3O3/c1-7(15)11-13-9(14-17-11)5-8-3-4-10(16-2)12-6-8/h3-4,6H,5H2,1-2H3. The van der Waals surface area contributed by atoms with Crippen molar-refractivity contribution in [2.45, 2.75) is 13.3 Å². The maximum absolute atomic E-state index is 11.0. The lowest BCUT2D eigenvalue weighted by Gasteiger charge is -1.99. The Morgan fingerprint density at radius 2 is 2.29 bits per heavy atom. The van der Waals surface area contributed by atoms with Crippen LogP contribution in [-0.4, -0.2) is 28.0 Å². The molecule has 2 heterocycles. The number of methoxy groups -OCH3 is 1. The van der Waals surface area contributed by atoms with Crippen LogP contribution < -0.4 is 4.74 Å². The van der Waals surface area contributed by atoms with Gasteiger partial charge < -0.3 is 9.26 Å². The van der Waals surface area contributed by atoms with Crippen molar-refractivity contribution in [2.24, 2.45) is 0 Å². The molecule has 0 saturated heterocycles. The van der Waals surface area contributed by atoms with Gasteiger partial charge in [0.1, 0.15) is 0 Å². The summed E-state index contributed by atoms with van der Waals surface area (Å²) in [6.45, 7) is 1.38. The van der Waals surface area contributed by atoms with Crippen LogP contribution in [0.1, 0.15) is 29.0 Å². The first-order valence-corrected chi connectivity index (χ1v) is 5.01. The number of carbonyl (C=O) groups is 1. The molecule has 0 aliphatic carbocycles. The third kappa shape index (κ3) is 2.66. The minimum absolute atomic E-state index is 0.0291. The summed E-state index contributed by atoms with van der Waals surface area (Å²) in [5.74, 6) is 0.798. The predicted octanol–water partition coefficient (Wildman–Crippen LogP) is 1.27. The second kappa shape index (κ2) is 4.73. The largest absolute Gasteiger partial charge is 0.481 e. The fourth-order valence-corrected chi connectivity index (χ4v) is 1.29. The minimum atomic E-state index is -0.239. The Morgan fingerprint density at radius 3 is 2.82 bits per heavy atom. The molecule has 17 heavy (non-hydrogen) atoms. The van der Waals surface area contributed by atoms with Gasteiger partial charge in [0.15, 0.2) is 5.82 Å². The second-order valence-electron chi connectivity index (χ2n) is 3.46. The van der Waals surface area contributed by atoms with Crippen LogP contribution in [0.25, 0.3) is 0 Å². The van der Waals surface area contributed by atoms with Crippen molar-refractivity contribution >= 4 is 5.78 Å². The average molecular weight is 233 g/mol. The Kier molecular flexibility index (Phi) is 3.13. The molecule has 0 atom stereocenters. The molecule has 0 aromatic carbocycles. The zero-order chi connectivity index (χ0) is 12.3. The number of pyridine rings is 1. The van der Waals surface area contributed by atoms with Crippen LogP contribution in [0.4, 0.5) is 0 Å². The van der Waals surface area contributed by atoms with Crippen LogP contribution in [-0.2, 0) is 6.42 Å². The number of ether oxygens (including phenoxy) is 1. The van der Waals surface area contributed by atoms with Gasteiger partial charge >= 0.3 is 0 Å². The van der Waals surface area contributed by atoms with Gasteiger partial charge in [-0.05, 0) is 5.56 Å². The zero-order valence-electron chi connectivity index (χ0n) is 9.51. The van der Waals surface area contributed by atoms with E-state index in [0.29, 0.717) is 18.1 Å². The highest BCUT2D eigenvalue weighted by Crippen LogP contribution is 2.10. The van der Waals surface area contributed by atoms with Gasteiger partial charge in [-0.3, -0.25) is 4.79 Å². The van der Waals surface area contributed by atoms with Crippen molar-refractivity contribution in [1.29, 1.82) is 0 Å². The van der Waals surface area contributed by atoms with Gasteiger partial charge in [0.2, 0.25) is 11.7 Å². The van der Waals surface area contributed by atoms with Crippen LogP contribution in [0.3, 0.4) is 0 Å². The number of hydrogen-bond acceptors (Lipinski definition) is 6. The quantitative estimate of drug-likeness (QED) is 0.740. The molecule has 2 rings (SSSR count). The summed E-state index contributed by atoms with van der Waals surface area (Å²) < 4.78 is 9.74. The molecule has 0 fully saturated rings. The molecule has 6 nitrogen and oxygen atoms in total. The van der Waals surface area contributed by atoms with Gasteiger partial charge in [-0.1, -0.05) is 11.2 Å². The van der Waals surface area contributed by atoms with E-state index in [1.54, 1.807) is 19.4 Å². The molecule has 88 valence electrons. The smallest absolute Gasteiger partial charge is 0.293 e. The molecule has 2 aromatic rings. The summed E-state index contributed by atoms with van der Waals surface area (Å²) in [5.41, 5.74) is 0.918. The van der Waals surface area contributed by atoms with Crippen LogP contribution >= 0.6 is 0 Å². The molecule has 0 unspecified atom stereocenters. The molecule has 0 radical (unpaired) electrons. The first-order chi connectivity index (χ1) is 8.19. The third-order valence-electron chi connectivity index (χ3n) is 2.14. The Hall–Kier alpha value is -2.24. The molecule has 0 aliphatic heterocycles. The van der Waals surface area contributed by atoms with E-state index in [1.165, 1.54) is 6.92 Å². The van der Waals surface area contributed by atoms with Gasteiger partial charge in [-0.15, -0.1) is 0 Å². The number of aromatic nitrogens is 3. The fourth-order valence-electron chi connectivity index (χ4n) is 1.29. The highest BCUT2D eigenvalue weighted by Gasteiger charge is 2.10. The van der Waals surface area contributed by atoms with Crippen LogP contribution in [0.15, 0.2) is 22.9 Å². The number of carbonyl (C=O) groups excluding carboxylic acids is 1. The van der Waals surface area contributed by atoms with Crippen molar-refractivity contribution in [3.8, 4) is 5.88 Å². The first-order valence-electron chi connectivity index (χ1n) is 5.01. The van der Waals surface area contributed by atoms with Crippen molar-refractivity contribution in [1.82, 2.24) is 15.1 Å². The Labute approximate surface area is 97.6 Å². The zero-order valence-corrected chi connectivity index (χ0v) is 9.51. The molecule has 2 aromatic heterocycles. The van der Waals surface area contributed by atoms with E-state index < -0.39 is 0 Å². The third-order valence-corrected chi connectivity index (χ3v) is 2.14. The Morgan fingerprint density at radius 1 is 1.47 bits per heavy atom. The molecule has 0 spiro atoms. The average Bonchev–Trinajstić information content (AvgIpc) is 2.79. The normalized spacial score (nSPS) is 10.2. The van der Waals surface area contributed by atoms with E-state index in [4.69, 9.17) is 9.26 Å². The van der Waals surface area contributed by atoms with Crippen molar-refractivity contribution in [3.63, 3.8) is 0 Å². The number of rotatable bonds is 4. The maximum Gasteiger partial charge on any atom is 0.293 e. The summed E-state index contributed by atoms with van der Waals surface area (Å²) in [6.07, 6.45) is 2.14. The Balaban J connectivity index is 2.11. The van der Waals surface area contributed by atoms with Crippen LogP contribution in [0.5, 0.6) is 5.88 Å². The van der Waals surface area contributed by atoms with Crippen LogP contribution in [0.2, 0.25) is 0 Å². The monoisotopic (exact) mass is 233 g/mol. The molecular formula is C11H11N3O3. The lowest BCUT2D eigenvalue weighted by Crippen LogP contribution is -1.95. The summed E-state index contributed by atoms with van der Waals surface area (Å²) in [5, 5.41) is 3.71. The summed E-state index contributed by atoms with van der Waals surface area (Å²) in [6, 6.07) is 3.61. The maximum atomic E-state index is 11.0. The number of nitrogens with zero attached hydrogens (tertiary/aromatic N) is 3. The molecule has 0 amide bonds. The van der Waals surface area contributed by atoms with E-state index in [-0.39, 0.29) is 11.7 Å². The highest BCUT2D eigenvalue weighted by atomic mass is 16.5. The van der Waals surface area contributed by atoms with Gasteiger partial charge in [0, 0.05) is 25.6 Å². The van der Waals surface area contributed by atoms with E-state index in [2.05, 4.69) is 15.1 Å². The second-order valence-corrected chi connectivity index (χ2v) is 3.46.